The largest absolute Gasteiger partial charge is 0.489 e. The zero-order valence-electron chi connectivity index (χ0n) is 8.30. The smallest absolute Gasteiger partial charge is 0.270 e. The van der Waals surface area contributed by atoms with Gasteiger partial charge < -0.3 is 4.74 Å². The number of nitro groups is 1. The summed E-state index contributed by atoms with van der Waals surface area (Å²) in [5, 5.41) is 10.6. The first-order valence-electron chi connectivity index (χ1n) is 4.70. The van der Waals surface area contributed by atoms with E-state index in [-0.39, 0.29) is 10.6 Å². The number of nitrogens with zero attached hydrogens (tertiary/aromatic N) is 1. The second-order valence-electron chi connectivity index (χ2n) is 3.41. The van der Waals surface area contributed by atoms with Gasteiger partial charge in [0.2, 0.25) is 0 Å². The second kappa shape index (κ2) is 4.10. The minimum absolute atomic E-state index is 0.113. The summed E-state index contributed by atoms with van der Waals surface area (Å²) in [6.45, 7) is 0. The van der Waals surface area contributed by atoms with Crippen molar-refractivity contribution in [3.63, 3.8) is 0 Å². The molecule has 1 aromatic carbocycles. The summed E-state index contributed by atoms with van der Waals surface area (Å²) in [5.74, 6) is 0.760. The normalized spacial score (nSPS) is 15.0. The van der Waals surface area contributed by atoms with E-state index in [1.165, 1.54) is 17.8 Å². The van der Waals surface area contributed by atoms with Crippen LogP contribution in [0.2, 0.25) is 0 Å². The Morgan fingerprint density at radius 3 is 2.80 bits per heavy atom. The first-order chi connectivity index (χ1) is 7.20. The van der Waals surface area contributed by atoms with Gasteiger partial charge in [-0.05, 0) is 25.2 Å². The van der Waals surface area contributed by atoms with Crippen LogP contribution in [-0.4, -0.2) is 17.3 Å². The predicted molar refractivity (Wildman–Crippen MR) is 58.5 cm³/mol. The number of hydrogen-bond acceptors (Lipinski definition) is 4. The molecule has 80 valence electrons. The molecule has 0 N–H and O–H groups in total. The Labute approximate surface area is 91.8 Å². The number of benzene rings is 1. The molecule has 4 nitrogen and oxygen atoms in total. The lowest BCUT2D eigenvalue weighted by atomic mass is 10.3. The lowest BCUT2D eigenvalue weighted by Gasteiger charge is -2.08. The maximum Gasteiger partial charge on any atom is 0.270 e. The number of ether oxygens (including phenoxy) is 1. The molecule has 2 rings (SSSR count). The summed E-state index contributed by atoms with van der Waals surface area (Å²) in [5.41, 5.74) is 0.113. The Hall–Kier alpha value is -1.23. The fraction of sp³-hybridized carbons (Fsp3) is 0.400. The van der Waals surface area contributed by atoms with Crippen molar-refractivity contribution in [3.8, 4) is 5.75 Å². The van der Waals surface area contributed by atoms with Crippen molar-refractivity contribution >= 4 is 17.4 Å². The van der Waals surface area contributed by atoms with Crippen LogP contribution in [0.15, 0.2) is 23.1 Å². The summed E-state index contributed by atoms with van der Waals surface area (Å²) < 4.78 is 5.64. The van der Waals surface area contributed by atoms with Gasteiger partial charge in [0.15, 0.2) is 0 Å². The van der Waals surface area contributed by atoms with Crippen molar-refractivity contribution in [3.05, 3.63) is 28.3 Å². The van der Waals surface area contributed by atoms with Crippen LogP contribution in [0.5, 0.6) is 5.75 Å². The average molecular weight is 225 g/mol. The topological polar surface area (TPSA) is 52.4 Å². The molecule has 0 radical (unpaired) electrons. The fourth-order valence-corrected chi connectivity index (χ4v) is 1.79. The maximum absolute atomic E-state index is 10.6. The van der Waals surface area contributed by atoms with Crippen molar-refractivity contribution in [2.45, 2.75) is 23.8 Å². The molecule has 0 bridgehead atoms. The highest BCUT2D eigenvalue weighted by atomic mass is 32.2. The highest BCUT2D eigenvalue weighted by molar-refractivity contribution is 7.98. The van der Waals surface area contributed by atoms with Crippen LogP contribution < -0.4 is 4.74 Å². The van der Waals surface area contributed by atoms with Crippen molar-refractivity contribution in [1.82, 2.24) is 0 Å². The van der Waals surface area contributed by atoms with Crippen LogP contribution in [0.4, 0.5) is 5.69 Å². The first-order valence-corrected chi connectivity index (χ1v) is 5.92. The molecule has 0 aliphatic heterocycles. The number of thioether (sulfide) groups is 1. The summed E-state index contributed by atoms with van der Waals surface area (Å²) in [7, 11) is 0. The van der Waals surface area contributed by atoms with Crippen LogP contribution >= 0.6 is 11.8 Å². The fourth-order valence-electron chi connectivity index (χ4n) is 1.23. The third kappa shape index (κ3) is 2.41. The number of rotatable bonds is 4. The molecule has 1 aromatic rings. The van der Waals surface area contributed by atoms with Gasteiger partial charge in [-0.15, -0.1) is 11.8 Å². The van der Waals surface area contributed by atoms with E-state index >= 15 is 0 Å². The zero-order valence-corrected chi connectivity index (χ0v) is 9.12. The van der Waals surface area contributed by atoms with Gasteiger partial charge in [0.25, 0.3) is 5.69 Å². The van der Waals surface area contributed by atoms with Gasteiger partial charge in [-0.2, -0.15) is 0 Å². The van der Waals surface area contributed by atoms with Gasteiger partial charge >= 0.3 is 0 Å². The Morgan fingerprint density at radius 2 is 2.27 bits per heavy atom. The number of non-ortho nitro benzene ring substituents is 1. The minimum Gasteiger partial charge on any atom is -0.489 e. The van der Waals surface area contributed by atoms with E-state index in [2.05, 4.69) is 0 Å². The number of hydrogen-bond donors (Lipinski definition) is 0. The Bertz CT molecular complexity index is 390. The third-order valence-electron chi connectivity index (χ3n) is 2.18. The molecule has 1 aliphatic carbocycles. The molecular weight excluding hydrogens is 214 g/mol. The van der Waals surface area contributed by atoms with Gasteiger partial charge in [-0.1, -0.05) is 0 Å². The molecule has 1 fully saturated rings. The van der Waals surface area contributed by atoms with Crippen LogP contribution in [0.3, 0.4) is 0 Å². The Kier molecular flexibility index (Phi) is 2.81. The van der Waals surface area contributed by atoms with Crippen molar-refractivity contribution in [2.24, 2.45) is 0 Å². The molecule has 15 heavy (non-hydrogen) atoms. The minimum atomic E-state index is -0.388. The maximum atomic E-state index is 10.6. The molecule has 5 heteroatoms. The lowest BCUT2D eigenvalue weighted by molar-refractivity contribution is -0.385. The quantitative estimate of drug-likeness (QED) is 0.449. The van der Waals surface area contributed by atoms with Crippen LogP contribution in [0, 0.1) is 10.1 Å². The lowest BCUT2D eigenvalue weighted by Crippen LogP contribution is -1.98. The van der Waals surface area contributed by atoms with Gasteiger partial charge in [-0.3, -0.25) is 10.1 Å². The van der Waals surface area contributed by atoms with E-state index in [1.54, 1.807) is 12.1 Å². The van der Waals surface area contributed by atoms with E-state index < -0.39 is 0 Å². The predicted octanol–water partition coefficient (Wildman–Crippen LogP) is 2.86. The van der Waals surface area contributed by atoms with Crippen molar-refractivity contribution in [1.29, 1.82) is 0 Å². The molecule has 0 amide bonds. The molecule has 0 spiro atoms. The Morgan fingerprint density at radius 1 is 1.53 bits per heavy atom. The summed E-state index contributed by atoms with van der Waals surface area (Å²) >= 11 is 1.47. The molecule has 0 aromatic heterocycles. The first kappa shape index (κ1) is 10.3. The Balaban J connectivity index is 2.25. The zero-order chi connectivity index (χ0) is 10.8. The standard InChI is InChI=1S/C10H11NO3S/c1-15-10-6-7(11(12)13)2-5-9(10)14-8-3-4-8/h2,5-6,8H,3-4H2,1H3. The van der Waals surface area contributed by atoms with Crippen LogP contribution in [0.25, 0.3) is 0 Å². The molecule has 0 heterocycles. The highest BCUT2D eigenvalue weighted by Crippen LogP contribution is 2.35. The molecule has 0 unspecified atom stereocenters. The van der Waals surface area contributed by atoms with E-state index in [9.17, 15) is 10.1 Å². The SMILES string of the molecule is CSc1cc([N+](=O)[O-])ccc1OC1CC1. The van der Waals surface area contributed by atoms with E-state index in [0.717, 1.165) is 23.5 Å². The molecule has 0 saturated heterocycles. The van der Waals surface area contributed by atoms with Gasteiger partial charge in [0.1, 0.15) is 5.75 Å². The van der Waals surface area contributed by atoms with Crippen LogP contribution in [-0.2, 0) is 0 Å². The van der Waals surface area contributed by atoms with Gasteiger partial charge in [0, 0.05) is 12.1 Å². The van der Waals surface area contributed by atoms with E-state index in [0.29, 0.717) is 6.10 Å². The van der Waals surface area contributed by atoms with E-state index in [4.69, 9.17) is 4.74 Å². The molecule has 0 atom stereocenters. The molecular formula is C10H11NO3S. The summed E-state index contributed by atoms with van der Waals surface area (Å²) in [6, 6.07) is 4.72. The highest BCUT2D eigenvalue weighted by Gasteiger charge is 2.25. The summed E-state index contributed by atoms with van der Waals surface area (Å²) in [6.07, 6.45) is 4.38. The number of nitro benzene ring substituents is 1. The third-order valence-corrected chi connectivity index (χ3v) is 2.93. The van der Waals surface area contributed by atoms with Crippen molar-refractivity contribution < 1.29 is 9.66 Å². The van der Waals surface area contributed by atoms with E-state index in [1.807, 2.05) is 6.26 Å². The van der Waals surface area contributed by atoms with Crippen LogP contribution in [0.1, 0.15) is 12.8 Å². The molecule has 1 saturated carbocycles. The van der Waals surface area contributed by atoms with Gasteiger partial charge in [-0.25, -0.2) is 0 Å². The summed E-state index contributed by atoms with van der Waals surface area (Å²) in [4.78, 5) is 11.0. The van der Waals surface area contributed by atoms with Gasteiger partial charge in [0.05, 0.1) is 15.9 Å². The van der Waals surface area contributed by atoms with Crippen molar-refractivity contribution in [2.75, 3.05) is 6.26 Å². The second-order valence-corrected chi connectivity index (χ2v) is 4.26. The molecule has 1 aliphatic rings. The average Bonchev–Trinajstić information content (AvgIpc) is 3.02. The monoisotopic (exact) mass is 225 g/mol.